The van der Waals surface area contributed by atoms with Crippen LogP contribution in [0.15, 0.2) is 48.5 Å². The van der Waals surface area contributed by atoms with Gasteiger partial charge in [-0.15, -0.1) is 0 Å². The summed E-state index contributed by atoms with van der Waals surface area (Å²) in [6.45, 7) is 1.81. The minimum atomic E-state index is -3.85. The number of nitrogens with one attached hydrogen (secondary N) is 1. The lowest BCUT2D eigenvalue weighted by Crippen LogP contribution is -2.48. The van der Waals surface area contributed by atoms with Crippen LogP contribution >= 0.6 is 0 Å². The van der Waals surface area contributed by atoms with Crippen LogP contribution in [-0.4, -0.2) is 45.2 Å². The molecule has 0 spiro atoms. The number of anilines is 1. The van der Waals surface area contributed by atoms with Crippen molar-refractivity contribution >= 4 is 27.3 Å². The predicted molar refractivity (Wildman–Crippen MR) is 114 cm³/mol. The number of amides is 1. The molecule has 1 amide bonds. The molecule has 10 heteroatoms. The van der Waals surface area contributed by atoms with E-state index in [1.807, 2.05) is 24.3 Å². The van der Waals surface area contributed by atoms with Crippen LogP contribution in [-0.2, 0) is 21.2 Å². The van der Waals surface area contributed by atoms with Gasteiger partial charge in [0.1, 0.15) is 11.8 Å². The average molecular weight is 436 g/mol. The largest absolute Gasteiger partial charge is 0.497 e. The SMILES string of the molecule is COc1ccc(CCCNC(=O)[C@@H](C)N(c2cccc([N+](=O)[O-])c2)S(C)(=O)=O)cc1. The second-order valence-corrected chi connectivity index (χ2v) is 8.61. The Kier molecular flexibility index (Phi) is 7.76. The van der Waals surface area contributed by atoms with Crippen molar-refractivity contribution in [3.63, 3.8) is 0 Å². The maximum atomic E-state index is 12.6. The number of aryl methyl sites for hydroxylation is 1. The van der Waals surface area contributed by atoms with Crippen LogP contribution in [0.5, 0.6) is 5.75 Å². The highest BCUT2D eigenvalue weighted by molar-refractivity contribution is 7.92. The fourth-order valence-electron chi connectivity index (χ4n) is 3.00. The van der Waals surface area contributed by atoms with E-state index in [1.165, 1.54) is 25.1 Å². The van der Waals surface area contributed by atoms with Crippen molar-refractivity contribution in [3.8, 4) is 5.75 Å². The van der Waals surface area contributed by atoms with Crippen LogP contribution in [0.3, 0.4) is 0 Å². The summed E-state index contributed by atoms with van der Waals surface area (Å²) in [7, 11) is -2.25. The Bertz CT molecular complexity index is 992. The van der Waals surface area contributed by atoms with E-state index in [2.05, 4.69) is 5.32 Å². The minimum absolute atomic E-state index is 0.0626. The van der Waals surface area contributed by atoms with E-state index in [9.17, 15) is 23.3 Å². The molecule has 1 N–H and O–H groups in total. The summed E-state index contributed by atoms with van der Waals surface area (Å²) in [5.74, 6) is 0.282. The quantitative estimate of drug-likeness (QED) is 0.348. The Morgan fingerprint density at radius 1 is 1.23 bits per heavy atom. The highest BCUT2D eigenvalue weighted by Crippen LogP contribution is 2.25. The molecule has 2 rings (SSSR count). The standard InChI is InChI=1S/C20H25N3O6S/c1-15(20(24)21-13-5-6-16-9-11-19(29-2)12-10-16)22(30(3,27)28)17-7-4-8-18(14-17)23(25)26/h4,7-12,14-15H,5-6,13H2,1-3H3,(H,21,24)/t15-/m1/s1. The molecule has 2 aromatic carbocycles. The van der Waals surface area contributed by atoms with Crippen LogP contribution in [0.4, 0.5) is 11.4 Å². The van der Waals surface area contributed by atoms with E-state index in [-0.39, 0.29) is 11.4 Å². The van der Waals surface area contributed by atoms with Crippen molar-refractivity contribution in [1.82, 2.24) is 5.32 Å². The van der Waals surface area contributed by atoms with Crippen molar-refractivity contribution < 1.29 is 22.9 Å². The number of methoxy groups -OCH3 is 1. The lowest BCUT2D eigenvalue weighted by Gasteiger charge is -2.28. The molecule has 0 saturated carbocycles. The third kappa shape index (κ3) is 6.18. The summed E-state index contributed by atoms with van der Waals surface area (Å²) in [6.07, 6.45) is 2.36. The number of sulfonamides is 1. The van der Waals surface area contributed by atoms with Crippen molar-refractivity contribution in [2.45, 2.75) is 25.8 Å². The Labute approximate surface area is 175 Å². The van der Waals surface area contributed by atoms with Crippen LogP contribution in [0.2, 0.25) is 0 Å². The molecular formula is C20H25N3O6S. The van der Waals surface area contributed by atoms with Crippen molar-refractivity contribution in [2.24, 2.45) is 0 Å². The molecule has 162 valence electrons. The maximum absolute atomic E-state index is 12.6. The smallest absolute Gasteiger partial charge is 0.271 e. The van der Waals surface area contributed by atoms with E-state index in [1.54, 1.807) is 7.11 Å². The number of carbonyl (C=O) groups is 1. The normalized spacial score (nSPS) is 12.1. The van der Waals surface area contributed by atoms with Gasteiger partial charge in [-0.05, 0) is 43.5 Å². The van der Waals surface area contributed by atoms with E-state index in [4.69, 9.17) is 4.74 Å². The highest BCUT2D eigenvalue weighted by atomic mass is 32.2. The van der Waals surface area contributed by atoms with Gasteiger partial charge >= 0.3 is 0 Å². The van der Waals surface area contributed by atoms with Gasteiger partial charge in [-0.1, -0.05) is 18.2 Å². The fourth-order valence-corrected chi connectivity index (χ4v) is 4.16. The molecule has 1 atom stereocenters. The molecule has 0 aliphatic rings. The molecule has 0 saturated heterocycles. The lowest BCUT2D eigenvalue weighted by molar-refractivity contribution is -0.384. The van der Waals surface area contributed by atoms with E-state index in [0.29, 0.717) is 13.0 Å². The van der Waals surface area contributed by atoms with Gasteiger partial charge in [0.25, 0.3) is 5.69 Å². The highest BCUT2D eigenvalue weighted by Gasteiger charge is 2.29. The number of benzene rings is 2. The molecule has 0 fully saturated rings. The summed E-state index contributed by atoms with van der Waals surface area (Å²) < 4.78 is 30.6. The molecule has 0 heterocycles. The van der Waals surface area contributed by atoms with E-state index in [0.717, 1.165) is 34.4 Å². The average Bonchev–Trinajstić information content (AvgIpc) is 2.70. The van der Waals surface area contributed by atoms with Crippen LogP contribution < -0.4 is 14.4 Å². The van der Waals surface area contributed by atoms with Crippen molar-refractivity contribution in [1.29, 1.82) is 0 Å². The Hall–Kier alpha value is -3.14. The number of hydrogen-bond donors (Lipinski definition) is 1. The van der Waals surface area contributed by atoms with Crippen LogP contribution in [0.25, 0.3) is 0 Å². The van der Waals surface area contributed by atoms with E-state index >= 15 is 0 Å². The van der Waals surface area contributed by atoms with Gasteiger partial charge in [-0.25, -0.2) is 8.42 Å². The lowest BCUT2D eigenvalue weighted by atomic mass is 10.1. The molecule has 0 radical (unpaired) electrons. The van der Waals surface area contributed by atoms with Gasteiger partial charge in [0.2, 0.25) is 15.9 Å². The molecule has 0 aliphatic heterocycles. The van der Waals surface area contributed by atoms with E-state index < -0.39 is 26.9 Å². The zero-order valence-corrected chi connectivity index (χ0v) is 17.9. The number of non-ortho nitro benzene ring substituents is 1. The van der Waals surface area contributed by atoms with Crippen LogP contribution in [0.1, 0.15) is 18.9 Å². The van der Waals surface area contributed by atoms with Gasteiger partial charge in [-0.2, -0.15) is 0 Å². The first-order chi connectivity index (χ1) is 14.1. The molecule has 0 aliphatic carbocycles. The zero-order chi connectivity index (χ0) is 22.3. The molecule has 0 bridgehead atoms. The van der Waals surface area contributed by atoms with Gasteiger partial charge in [0.05, 0.1) is 24.0 Å². The number of hydrogen-bond acceptors (Lipinski definition) is 6. The molecular weight excluding hydrogens is 410 g/mol. The van der Waals surface area contributed by atoms with Crippen LogP contribution in [0, 0.1) is 10.1 Å². The molecule has 0 aromatic heterocycles. The molecule has 0 unspecified atom stereocenters. The summed E-state index contributed by atoms with van der Waals surface area (Å²) >= 11 is 0. The Morgan fingerprint density at radius 3 is 2.47 bits per heavy atom. The minimum Gasteiger partial charge on any atom is -0.497 e. The molecule has 9 nitrogen and oxygen atoms in total. The Balaban J connectivity index is 2.01. The first kappa shape index (κ1) is 23.1. The number of nitro groups is 1. The third-order valence-electron chi connectivity index (χ3n) is 4.48. The monoisotopic (exact) mass is 435 g/mol. The number of ether oxygens (including phenoxy) is 1. The second kappa shape index (κ2) is 10.1. The summed E-state index contributed by atoms with van der Waals surface area (Å²) in [6, 6.07) is 11.7. The summed E-state index contributed by atoms with van der Waals surface area (Å²) in [5.41, 5.74) is 0.897. The number of nitrogens with zero attached hydrogens (tertiary/aromatic N) is 2. The van der Waals surface area contributed by atoms with Gasteiger partial charge in [0.15, 0.2) is 0 Å². The van der Waals surface area contributed by atoms with Gasteiger partial charge < -0.3 is 10.1 Å². The third-order valence-corrected chi connectivity index (χ3v) is 5.73. The summed E-state index contributed by atoms with van der Waals surface area (Å²) in [5, 5.41) is 13.7. The Morgan fingerprint density at radius 2 is 1.90 bits per heavy atom. The molecule has 2 aromatic rings. The first-order valence-electron chi connectivity index (χ1n) is 9.28. The maximum Gasteiger partial charge on any atom is 0.271 e. The van der Waals surface area contributed by atoms with Crippen molar-refractivity contribution in [2.75, 3.05) is 24.2 Å². The number of nitro benzene ring substituents is 1. The van der Waals surface area contributed by atoms with Gasteiger partial charge in [-0.3, -0.25) is 19.2 Å². The fraction of sp³-hybridized carbons (Fsp3) is 0.350. The predicted octanol–water partition coefficient (Wildman–Crippen LogP) is 2.51. The summed E-state index contributed by atoms with van der Waals surface area (Å²) in [4.78, 5) is 22.9. The number of rotatable bonds is 10. The first-order valence-corrected chi connectivity index (χ1v) is 11.1. The second-order valence-electron chi connectivity index (χ2n) is 6.75. The molecule has 30 heavy (non-hydrogen) atoms. The number of carbonyl (C=O) groups excluding carboxylic acids is 1. The topological polar surface area (TPSA) is 119 Å². The van der Waals surface area contributed by atoms with Gasteiger partial charge in [0, 0.05) is 18.7 Å². The zero-order valence-electron chi connectivity index (χ0n) is 17.1. The van der Waals surface area contributed by atoms with Crippen molar-refractivity contribution in [3.05, 3.63) is 64.2 Å².